The molecule has 0 saturated heterocycles. The van der Waals surface area contributed by atoms with E-state index in [0.717, 1.165) is 5.56 Å². The van der Waals surface area contributed by atoms with Crippen molar-refractivity contribution in [3.05, 3.63) is 36.2 Å². The molecule has 0 aliphatic carbocycles. The number of hydrogen-bond acceptors (Lipinski definition) is 2. The third-order valence-electron chi connectivity index (χ3n) is 1.91. The molecule has 0 aliphatic heterocycles. The highest BCUT2D eigenvalue weighted by atomic mass is 16.4. The van der Waals surface area contributed by atoms with Gasteiger partial charge in [0, 0.05) is 12.4 Å². The number of carboxylic acids is 1. The highest BCUT2D eigenvalue weighted by Gasteiger charge is 2.07. The summed E-state index contributed by atoms with van der Waals surface area (Å²) in [6, 6.07) is 3.77. The summed E-state index contributed by atoms with van der Waals surface area (Å²) in [5.41, 5.74) is 0.991. The van der Waals surface area contributed by atoms with E-state index in [1.165, 1.54) is 0 Å². The Balaban J connectivity index is 2.46. The minimum atomic E-state index is -0.763. The summed E-state index contributed by atoms with van der Waals surface area (Å²) < 4.78 is 0. The predicted octanol–water partition coefficient (Wildman–Crippen LogP) is 2.21. The number of rotatable bonds is 4. The van der Waals surface area contributed by atoms with Crippen molar-refractivity contribution < 1.29 is 9.90 Å². The Kier molecular flexibility index (Phi) is 3.85. The highest BCUT2D eigenvalue weighted by molar-refractivity contribution is 5.69. The van der Waals surface area contributed by atoms with Crippen molar-refractivity contribution in [3.63, 3.8) is 0 Å². The van der Waals surface area contributed by atoms with Gasteiger partial charge >= 0.3 is 5.97 Å². The van der Waals surface area contributed by atoms with E-state index in [1.54, 1.807) is 19.3 Å². The third-order valence-corrected chi connectivity index (χ3v) is 1.91. The van der Waals surface area contributed by atoms with Crippen LogP contribution in [-0.4, -0.2) is 16.1 Å². The van der Waals surface area contributed by atoms with Gasteiger partial charge in [-0.3, -0.25) is 9.78 Å². The minimum absolute atomic E-state index is 0.331. The standard InChI is InChI=1S/C11H13NO2/c1-9(11(13)14)4-2-5-10-6-3-7-12-8-10/h2-3,5-9H,4H2,1H3,(H,13,14)/b5-2-. The van der Waals surface area contributed by atoms with E-state index in [-0.39, 0.29) is 5.92 Å². The second-order valence-electron chi connectivity index (χ2n) is 3.16. The summed E-state index contributed by atoms with van der Waals surface area (Å²) >= 11 is 0. The van der Waals surface area contributed by atoms with Crippen LogP contribution in [0.5, 0.6) is 0 Å². The molecule has 74 valence electrons. The number of nitrogens with zero attached hydrogens (tertiary/aromatic N) is 1. The Bertz CT molecular complexity index is 319. The van der Waals surface area contributed by atoms with Gasteiger partial charge in [0.2, 0.25) is 0 Å². The van der Waals surface area contributed by atoms with Crippen LogP contribution in [0.4, 0.5) is 0 Å². The normalized spacial score (nSPS) is 12.9. The van der Waals surface area contributed by atoms with Gasteiger partial charge in [0.05, 0.1) is 5.92 Å². The smallest absolute Gasteiger partial charge is 0.306 e. The lowest BCUT2D eigenvalue weighted by molar-refractivity contribution is -0.140. The molecule has 0 aliphatic rings. The van der Waals surface area contributed by atoms with E-state index >= 15 is 0 Å². The first-order valence-electron chi connectivity index (χ1n) is 4.49. The lowest BCUT2D eigenvalue weighted by atomic mass is 10.1. The predicted molar refractivity (Wildman–Crippen MR) is 54.7 cm³/mol. The Hall–Kier alpha value is -1.64. The van der Waals surface area contributed by atoms with E-state index in [9.17, 15) is 4.79 Å². The average Bonchev–Trinajstić information content (AvgIpc) is 2.19. The minimum Gasteiger partial charge on any atom is -0.481 e. The number of allylic oxidation sites excluding steroid dienone is 1. The first-order valence-corrected chi connectivity index (χ1v) is 4.49. The molecule has 0 saturated carbocycles. The van der Waals surface area contributed by atoms with Crippen LogP contribution in [0, 0.1) is 5.92 Å². The zero-order valence-corrected chi connectivity index (χ0v) is 8.05. The van der Waals surface area contributed by atoms with Crippen molar-refractivity contribution in [1.82, 2.24) is 4.98 Å². The lowest BCUT2D eigenvalue weighted by Crippen LogP contribution is -2.07. The summed E-state index contributed by atoms with van der Waals surface area (Å²) in [5, 5.41) is 8.63. The molecular weight excluding hydrogens is 178 g/mol. The highest BCUT2D eigenvalue weighted by Crippen LogP contribution is 2.05. The fourth-order valence-electron chi connectivity index (χ4n) is 0.984. The van der Waals surface area contributed by atoms with E-state index in [1.807, 2.05) is 24.3 Å². The number of pyridine rings is 1. The molecule has 0 bridgehead atoms. The maximum atomic E-state index is 10.5. The SMILES string of the molecule is CC(C/C=C\c1cccnc1)C(=O)O. The van der Waals surface area contributed by atoms with Crippen LogP contribution in [0.25, 0.3) is 6.08 Å². The van der Waals surface area contributed by atoms with Gasteiger partial charge in [0.25, 0.3) is 0 Å². The van der Waals surface area contributed by atoms with Crippen LogP contribution >= 0.6 is 0 Å². The van der Waals surface area contributed by atoms with E-state index < -0.39 is 5.97 Å². The first-order chi connectivity index (χ1) is 6.70. The Morgan fingerprint density at radius 1 is 1.71 bits per heavy atom. The zero-order valence-electron chi connectivity index (χ0n) is 8.05. The summed E-state index contributed by atoms with van der Waals surface area (Å²) in [5.74, 6) is -1.09. The van der Waals surface area contributed by atoms with Gasteiger partial charge in [-0.1, -0.05) is 25.1 Å². The molecular formula is C11H13NO2. The number of aromatic nitrogens is 1. The quantitative estimate of drug-likeness (QED) is 0.793. The first kappa shape index (κ1) is 10.4. The van der Waals surface area contributed by atoms with Gasteiger partial charge < -0.3 is 5.11 Å². The van der Waals surface area contributed by atoms with Gasteiger partial charge in [-0.25, -0.2) is 0 Å². The molecule has 0 spiro atoms. The Morgan fingerprint density at radius 2 is 2.50 bits per heavy atom. The second kappa shape index (κ2) is 5.17. The van der Waals surface area contributed by atoms with Crippen molar-refractivity contribution in [2.24, 2.45) is 5.92 Å². The van der Waals surface area contributed by atoms with Crippen LogP contribution in [0.1, 0.15) is 18.9 Å². The van der Waals surface area contributed by atoms with Gasteiger partial charge in [-0.2, -0.15) is 0 Å². The van der Waals surface area contributed by atoms with E-state index in [4.69, 9.17) is 5.11 Å². The molecule has 14 heavy (non-hydrogen) atoms. The van der Waals surface area contributed by atoms with Crippen molar-refractivity contribution >= 4 is 12.0 Å². The van der Waals surface area contributed by atoms with Gasteiger partial charge in [-0.05, 0) is 18.1 Å². The van der Waals surface area contributed by atoms with E-state index in [0.29, 0.717) is 6.42 Å². The average molecular weight is 191 g/mol. The van der Waals surface area contributed by atoms with Crippen LogP contribution < -0.4 is 0 Å². The lowest BCUT2D eigenvalue weighted by Gasteiger charge is -1.99. The van der Waals surface area contributed by atoms with Gasteiger partial charge in [0.1, 0.15) is 0 Å². The molecule has 1 unspecified atom stereocenters. The molecule has 1 rings (SSSR count). The largest absolute Gasteiger partial charge is 0.481 e. The van der Waals surface area contributed by atoms with Crippen LogP contribution in [0.15, 0.2) is 30.6 Å². The molecule has 1 atom stereocenters. The fourth-order valence-corrected chi connectivity index (χ4v) is 0.984. The summed E-state index contributed by atoms with van der Waals surface area (Å²) in [6.45, 7) is 1.69. The molecule has 0 aromatic carbocycles. The van der Waals surface area contributed by atoms with Gasteiger partial charge in [0.15, 0.2) is 0 Å². The number of carbonyl (C=O) groups is 1. The van der Waals surface area contributed by atoms with Crippen molar-refractivity contribution in [3.8, 4) is 0 Å². The summed E-state index contributed by atoms with van der Waals surface area (Å²) in [6.07, 6.45) is 7.73. The fraction of sp³-hybridized carbons (Fsp3) is 0.273. The van der Waals surface area contributed by atoms with Gasteiger partial charge in [-0.15, -0.1) is 0 Å². The Labute approximate surface area is 83.1 Å². The summed E-state index contributed by atoms with van der Waals surface area (Å²) in [4.78, 5) is 14.4. The molecule has 1 aromatic heterocycles. The molecule has 1 N–H and O–H groups in total. The van der Waals surface area contributed by atoms with Crippen molar-refractivity contribution in [2.45, 2.75) is 13.3 Å². The molecule has 3 nitrogen and oxygen atoms in total. The number of hydrogen-bond donors (Lipinski definition) is 1. The third kappa shape index (κ3) is 3.39. The molecule has 0 fully saturated rings. The second-order valence-corrected chi connectivity index (χ2v) is 3.16. The molecule has 0 amide bonds. The topological polar surface area (TPSA) is 50.2 Å². The number of aliphatic carboxylic acids is 1. The van der Waals surface area contributed by atoms with Crippen molar-refractivity contribution in [1.29, 1.82) is 0 Å². The zero-order chi connectivity index (χ0) is 10.4. The van der Waals surface area contributed by atoms with Crippen LogP contribution in [-0.2, 0) is 4.79 Å². The molecule has 1 aromatic rings. The van der Waals surface area contributed by atoms with E-state index in [2.05, 4.69) is 4.98 Å². The maximum absolute atomic E-state index is 10.5. The molecule has 1 heterocycles. The molecule has 0 radical (unpaired) electrons. The number of carboxylic acid groups (broad SMARTS) is 1. The monoisotopic (exact) mass is 191 g/mol. The summed E-state index contributed by atoms with van der Waals surface area (Å²) in [7, 11) is 0. The van der Waals surface area contributed by atoms with Crippen LogP contribution in [0.3, 0.4) is 0 Å². The maximum Gasteiger partial charge on any atom is 0.306 e. The molecule has 3 heteroatoms. The van der Waals surface area contributed by atoms with Crippen LogP contribution in [0.2, 0.25) is 0 Å². The van der Waals surface area contributed by atoms with Crippen molar-refractivity contribution in [2.75, 3.05) is 0 Å². The Morgan fingerprint density at radius 3 is 3.07 bits per heavy atom.